The Morgan fingerprint density at radius 1 is 1.14 bits per heavy atom. The van der Waals surface area contributed by atoms with Crippen molar-refractivity contribution in [2.24, 2.45) is 0 Å². The smallest absolute Gasteiger partial charge is 0.219 e. The van der Waals surface area contributed by atoms with Gasteiger partial charge in [0.15, 0.2) is 6.79 Å². The Balaban J connectivity index is 2.31. The molecule has 0 fully saturated rings. The van der Waals surface area contributed by atoms with Gasteiger partial charge in [-0.1, -0.05) is 38.1 Å². The fraction of sp³-hybridized carbons (Fsp3) is 0.391. The molecule has 0 aliphatic carbocycles. The van der Waals surface area contributed by atoms with E-state index in [4.69, 9.17) is 9.47 Å². The lowest BCUT2D eigenvalue weighted by Gasteiger charge is -2.17. The average Bonchev–Trinajstić information content (AvgIpc) is 2.61. The van der Waals surface area contributed by atoms with Crippen molar-refractivity contribution in [1.82, 2.24) is 0 Å². The monoisotopic (exact) mass is 402 g/mol. The van der Waals surface area contributed by atoms with Crippen LogP contribution in [0, 0.1) is 13.8 Å². The van der Waals surface area contributed by atoms with E-state index in [0.29, 0.717) is 5.92 Å². The molecule has 152 valence electrons. The molecule has 0 saturated heterocycles. The van der Waals surface area contributed by atoms with E-state index in [9.17, 15) is 9.46 Å². The van der Waals surface area contributed by atoms with Crippen LogP contribution in [0.2, 0.25) is 0 Å². The maximum Gasteiger partial charge on any atom is 0.219 e. The number of hydrogen-bond acceptors (Lipinski definition) is 3. The third kappa shape index (κ3) is 6.34. The first kappa shape index (κ1) is 22.4. The summed E-state index contributed by atoms with van der Waals surface area (Å²) in [6, 6.07) is 10.5. The van der Waals surface area contributed by atoms with Crippen LogP contribution in [-0.2, 0) is 15.7 Å². The van der Waals surface area contributed by atoms with Gasteiger partial charge in [0.2, 0.25) is 7.37 Å². The second kappa shape index (κ2) is 9.56. The van der Waals surface area contributed by atoms with Crippen LogP contribution in [0.4, 0.5) is 0 Å². The minimum absolute atomic E-state index is 0.241. The fourth-order valence-corrected chi connectivity index (χ4v) is 3.69. The predicted molar refractivity (Wildman–Crippen MR) is 117 cm³/mol. The largest absolute Gasteiger partial charge is 0.467 e. The topological polar surface area (TPSA) is 55.8 Å². The van der Waals surface area contributed by atoms with Crippen molar-refractivity contribution in [3.63, 3.8) is 0 Å². The van der Waals surface area contributed by atoms with Crippen molar-refractivity contribution in [3.05, 3.63) is 69.5 Å². The molecule has 0 saturated carbocycles. The third-order valence-corrected chi connectivity index (χ3v) is 5.37. The van der Waals surface area contributed by atoms with Gasteiger partial charge in [-0.05, 0) is 71.7 Å². The van der Waals surface area contributed by atoms with E-state index in [1.165, 1.54) is 40.3 Å². The van der Waals surface area contributed by atoms with E-state index in [1.807, 2.05) is 6.07 Å². The number of methoxy groups -OCH3 is 1. The molecule has 2 aromatic carbocycles. The highest BCUT2D eigenvalue weighted by atomic mass is 31.2. The summed E-state index contributed by atoms with van der Waals surface area (Å²) in [5.41, 5.74) is 6.98. The van der Waals surface area contributed by atoms with E-state index < -0.39 is 7.37 Å². The van der Waals surface area contributed by atoms with Gasteiger partial charge >= 0.3 is 0 Å². The molecule has 4 nitrogen and oxygen atoms in total. The van der Waals surface area contributed by atoms with Gasteiger partial charge in [-0.3, -0.25) is 4.57 Å². The second-order valence-electron chi connectivity index (χ2n) is 7.65. The van der Waals surface area contributed by atoms with Crippen LogP contribution in [-0.4, -0.2) is 25.5 Å². The van der Waals surface area contributed by atoms with Crippen LogP contribution in [0.1, 0.15) is 53.1 Å². The lowest BCUT2D eigenvalue weighted by Crippen LogP contribution is -2.04. The van der Waals surface area contributed by atoms with Gasteiger partial charge in [0.25, 0.3) is 0 Å². The molecule has 0 radical (unpaired) electrons. The Labute approximate surface area is 168 Å². The van der Waals surface area contributed by atoms with Gasteiger partial charge in [-0.25, -0.2) is 0 Å². The highest BCUT2D eigenvalue weighted by Crippen LogP contribution is 2.38. The molecule has 0 spiro atoms. The quantitative estimate of drug-likeness (QED) is 0.443. The summed E-state index contributed by atoms with van der Waals surface area (Å²) < 4.78 is 22.2. The average molecular weight is 402 g/mol. The number of hydrogen-bond donors (Lipinski definition) is 1. The Morgan fingerprint density at radius 2 is 1.79 bits per heavy atom. The molecule has 28 heavy (non-hydrogen) atoms. The predicted octanol–water partition coefficient (Wildman–Crippen LogP) is 5.87. The Hall–Kier alpha value is -1.87. The minimum atomic E-state index is -3.16. The molecular weight excluding hydrogens is 371 g/mol. The lowest BCUT2D eigenvalue weighted by atomic mass is 9.92. The van der Waals surface area contributed by atoms with Gasteiger partial charge in [0.05, 0.1) is 0 Å². The third-order valence-electron chi connectivity index (χ3n) is 4.67. The maximum atomic E-state index is 11.5. The zero-order chi connectivity index (χ0) is 20.9. The van der Waals surface area contributed by atoms with E-state index in [-0.39, 0.29) is 6.79 Å². The standard InChI is InChI=1S/C23H31O4P/c1-16(2)21-13-19(7-8-23(21)27-15-26-5)14-22-17(3)11-20(12-18(22)4)9-10-28(6,24)25/h7-13,16H,14-15H2,1-6H3,(H,24,25). The zero-order valence-corrected chi connectivity index (χ0v) is 18.5. The highest BCUT2D eigenvalue weighted by Gasteiger charge is 2.12. The minimum Gasteiger partial charge on any atom is -0.467 e. The number of rotatable bonds is 8. The summed E-state index contributed by atoms with van der Waals surface area (Å²) in [7, 11) is -1.54. The van der Waals surface area contributed by atoms with Crippen molar-refractivity contribution >= 4 is 13.4 Å². The number of ether oxygens (including phenoxy) is 2. The van der Waals surface area contributed by atoms with Crippen molar-refractivity contribution in [3.8, 4) is 5.75 Å². The molecule has 1 unspecified atom stereocenters. The Bertz CT molecular complexity index is 870. The molecule has 0 heterocycles. The van der Waals surface area contributed by atoms with Crippen molar-refractivity contribution in [1.29, 1.82) is 0 Å². The zero-order valence-electron chi connectivity index (χ0n) is 17.7. The first-order chi connectivity index (χ1) is 13.1. The van der Waals surface area contributed by atoms with Gasteiger partial charge in [-0.15, -0.1) is 0 Å². The number of benzene rings is 2. The van der Waals surface area contributed by atoms with Gasteiger partial charge in [0.1, 0.15) is 5.75 Å². The highest BCUT2D eigenvalue weighted by molar-refractivity contribution is 7.60. The molecule has 0 bridgehead atoms. The first-order valence-corrected chi connectivity index (χ1v) is 11.6. The van der Waals surface area contributed by atoms with E-state index in [1.54, 1.807) is 13.2 Å². The fourth-order valence-electron chi connectivity index (χ4n) is 3.24. The summed E-state index contributed by atoms with van der Waals surface area (Å²) >= 11 is 0. The van der Waals surface area contributed by atoms with Crippen LogP contribution in [0.5, 0.6) is 5.75 Å². The molecule has 1 atom stereocenters. The molecule has 0 aromatic heterocycles. The van der Waals surface area contributed by atoms with Crippen LogP contribution < -0.4 is 4.74 Å². The van der Waals surface area contributed by atoms with Crippen molar-refractivity contribution in [2.45, 2.75) is 40.0 Å². The molecular formula is C23H31O4P. The van der Waals surface area contributed by atoms with E-state index in [2.05, 4.69) is 52.0 Å². The first-order valence-electron chi connectivity index (χ1n) is 9.44. The van der Waals surface area contributed by atoms with Gasteiger partial charge in [-0.2, -0.15) is 0 Å². The molecule has 0 amide bonds. The van der Waals surface area contributed by atoms with E-state index >= 15 is 0 Å². The Kier molecular flexibility index (Phi) is 7.65. The summed E-state index contributed by atoms with van der Waals surface area (Å²) in [5.74, 6) is 2.60. The molecule has 1 N–H and O–H groups in total. The summed E-state index contributed by atoms with van der Waals surface area (Å²) in [4.78, 5) is 9.46. The van der Waals surface area contributed by atoms with Gasteiger partial charge in [0, 0.05) is 19.6 Å². The van der Waals surface area contributed by atoms with Crippen molar-refractivity contribution in [2.75, 3.05) is 20.6 Å². The molecule has 2 aromatic rings. The van der Waals surface area contributed by atoms with Crippen LogP contribution in [0.25, 0.3) is 6.08 Å². The summed E-state index contributed by atoms with van der Waals surface area (Å²) in [6.45, 7) is 10.1. The maximum absolute atomic E-state index is 11.5. The normalized spacial score (nSPS) is 13.9. The van der Waals surface area contributed by atoms with Crippen LogP contribution in [0.15, 0.2) is 36.1 Å². The summed E-state index contributed by atoms with van der Waals surface area (Å²) in [6.07, 6.45) is 2.56. The molecule has 0 aliphatic heterocycles. The van der Waals surface area contributed by atoms with E-state index in [0.717, 1.165) is 17.7 Å². The Morgan fingerprint density at radius 3 is 2.32 bits per heavy atom. The molecule has 0 aliphatic rings. The van der Waals surface area contributed by atoms with Crippen LogP contribution >= 0.6 is 7.37 Å². The summed E-state index contributed by atoms with van der Waals surface area (Å²) in [5, 5.41) is 0. The van der Waals surface area contributed by atoms with Crippen LogP contribution in [0.3, 0.4) is 0 Å². The molecule has 2 rings (SSSR count). The number of aryl methyl sites for hydroxylation is 2. The SMILES string of the molecule is COCOc1ccc(Cc2c(C)cc(C=CP(C)(=O)O)cc2C)cc1C(C)C. The van der Waals surface area contributed by atoms with Gasteiger partial charge < -0.3 is 14.4 Å². The molecule has 5 heteroatoms. The second-order valence-corrected chi connectivity index (χ2v) is 9.83. The van der Waals surface area contributed by atoms with Crippen molar-refractivity contribution < 1.29 is 18.9 Å². The lowest BCUT2D eigenvalue weighted by molar-refractivity contribution is 0.0502.